The molecule has 2 rings (SSSR count). The molecule has 1 aromatic heterocycles. The van der Waals surface area contributed by atoms with Crippen LogP contribution in [0.1, 0.15) is 49.9 Å². The van der Waals surface area contributed by atoms with Crippen LogP contribution in [0.25, 0.3) is 0 Å². The van der Waals surface area contributed by atoms with E-state index in [1.54, 1.807) is 12.3 Å². The molecule has 20 heavy (non-hydrogen) atoms. The Kier molecular flexibility index (Phi) is 4.65. The first-order valence-electron chi connectivity index (χ1n) is 6.87. The van der Waals surface area contributed by atoms with Crippen LogP contribution in [-0.2, 0) is 0 Å². The van der Waals surface area contributed by atoms with Crippen molar-refractivity contribution in [2.45, 2.75) is 45.6 Å². The molecule has 5 nitrogen and oxygen atoms in total. The molecule has 1 aliphatic carbocycles. The summed E-state index contributed by atoms with van der Waals surface area (Å²) in [5.74, 6) is 5.67. The minimum absolute atomic E-state index is 0.129. The van der Waals surface area contributed by atoms with Crippen LogP contribution in [0.2, 0.25) is 0 Å². The Morgan fingerprint density at radius 1 is 1.50 bits per heavy atom. The summed E-state index contributed by atoms with van der Waals surface area (Å²) >= 11 is 3.33. The number of hydrogen-bond donors (Lipinski definition) is 3. The van der Waals surface area contributed by atoms with Gasteiger partial charge < -0.3 is 10.7 Å². The predicted molar refractivity (Wildman–Crippen MR) is 83.3 cm³/mol. The number of nitrogens with one attached hydrogen (secondary N) is 2. The summed E-state index contributed by atoms with van der Waals surface area (Å²) in [4.78, 5) is 16.6. The van der Waals surface area contributed by atoms with Gasteiger partial charge in [-0.3, -0.25) is 4.79 Å². The lowest BCUT2D eigenvalue weighted by atomic mass is 9.73. The van der Waals surface area contributed by atoms with Gasteiger partial charge in [-0.25, -0.2) is 10.8 Å². The highest BCUT2D eigenvalue weighted by Gasteiger charge is 2.33. The summed E-state index contributed by atoms with van der Waals surface area (Å²) in [6.07, 6.45) is 6.15. The van der Waals surface area contributed by atoms with Crippen LogP contribution in [0.4, 0.5) is 5.82 Å². The van der Waals surface area contributed by atoms with Crippen molar-refractivity contribution < 1.29 is 4.79 Å². The molecule has 1 fully saturated rings. The molecule has 0 bridgehead atoms. The third-order valence-corrected chi connectivity index (χ3v) is 4.48. The molecule has 1 saturated carbocycles. The number of rotatable bonds is 3. The summed E-state index contributed by atoms with van der Waals surface area (Å²) < 4.78 is 0.754. The van der Waals surface area contributed by atoms with Gasteiger partial charge in [-0.05, 0) is 40.3 Å². The molecule has 1 atom stereocenters. The van der Waals surface area contributed by atoms with E-state index >= 15 is 0 Å². The maximum Gasteiger partial charge on any atom is 0.255 e. The highest BCUT2D eigenvalue weighted by atomic mass is 79.9. The van der Waals surface area contributed by atoms with Crippen LogP contribution in [0.15, 0.2) is 16.7 Å². The Morgan fingerprint density at radius 3 is 2.90 bits per heavy atom. The van der Waals surface area contributed by atoms with Crippen molar-refractivity contribution in [1.29, 1.82) is 0 Å². The number of hydrogen-bond acceptors (Lipinski definition) is 4. The average molecular weight is 341 g/mol. The summed E-state index contributed by atoms with van der Waals surface area (Å²) in [5.41, 5.74) is 3.06. The maximum absolute atomic E-state index is 12.5. The van der Waals surface area contributed by atoms with Crippen molar-refractivity contribution in [2.24, 2.45) is 11.3 Å². The monoisotopic (exact) mass is 340 g/mol. The van der Waals surface area contributed by atoms with Crippen molar-refractivity contribution in [3.05, 3.63) is 22.3 Å². The van der Waals surface area contributed by atoms with Crippen molar-refractivity contribution in [1.82, 2.24) is 10.3 Å². The van der Waals surface area contributed by atoms with E-state index in [4.69, 9.17) is 5.84 Å². The lowest BCUT2D eigenvalue weighted by Gasteiger charge is -2.39. The summed E-state index contributed by atoms with van der Waals surface area (Å²) in [7, 11) is 0. The molecule has 110 valence electrons. The first kappa shape index (κ1) is 15.3. The zero-order chi connectivity index (χ0) is 14.8. The highest BCUT2D eigenvalue weighted by molar-refractivity contribution is 9.10. The Bertz CT molecular complexity index is 504. The van der Waals surface area contributed by atoms with Gasteiger partial charge in [-0.1, -0.05) is 26.7 Å². The van der Waals surface area contributed by atoms with Gasteiger partial charge >= 0.3 is 0 Å². The molecule has 1 unspecified atom stereocenters. The van der Waals surface area contributed by atoms with E-state index < -0.39 is 0 Å². The topological polar surface area (TPSA) is 80.0 Å². The molecule has 0 saturated heterocycles. The fourth-order valence-corrected chi connectivity index (χ4v) is 3.06. The zero-order valence-corrected chi connectivity index (χ0v) is 13.5. The third-order valence-electron chi connectivity index (χ3n) is 4.05. The Balaban J connectivity index is 2.17. The molecular weight excluding hydrogens is 320 g/mol. The number of halogens is 1. The SMILES string of the molecule is CC1(C)CCCCC1NC(=O)c1cc(Br)cnc1NN. The molecule has 1 aliphatic rings. The molecule has 1 heterocycles. The van der Waals surface area contributed by atoms with E-state index in [9.17, 15) is 4.79 Å². The standard InChI is InChI=1S/C14H21BrN4O/c1-14(2)6-4-3-5-11(14)18-13(20)10-7-9(15)8-17-12(10)19-16/h7-8,11H,3-6,16H2,1-2H3,(H,17,19)(H,18,20). The smallest absolute Gasteiger partial charge is 0.255 e. The van der Waals surface area contributed by atoms with Crippen molar-refractivity contribution in [2.75, 3.05) is 5.43 Å². The normalized spacial score (nSPS) is 21.3. The number of hydrazine groups is 1. The first-order valence-corrected chi connectivity index (χ1v) is 7.66. The number of nitrogens with two attached hydrogens (primary N) is 1. The lowest BCUT2D eigenvalue weighted by Crippen LogP contribution is -2.47. The minimum atomic E-state index is -0.133. The van der Waals surface area contributed by atoms with Crippen LogP contribution in [0.5, 0.6) is 0 Å². The lowest BCUT2D eigenvalue weighted by molar-refractivity contribution is 0.0854. The van der Waals surface area contributed by atoms with Crippen LogP contribution in [-0.4, -0.2) is 16.9 Å². The molecule has 6 heteroatoms. The quantitative estimate of drug-likeness (QED) is 0.583. The number of carbonyl (C=O) groups is 1. The maximum atomic E-state index is 12.5. The van der Waals surface area contributed by atoms with Gasteiger partial charge in [0.2, 0.25) is 0 Å². The Labute approximate surface area is 127 Å². The average Bonchev–Trinajstić information content (AvgIpc) is 2.41. The van der Waals surface area contributed by atoms with Gasteiger partial charge in [0, 0.05) is 16.7 Å². The highest BCUT2D eigenvalue weighted by Crippen LogP contribution is 2.35. The zero-order valence-electron chi connectivity index (χ0n) is 11.9. The molecule has 1 aromatic rings. The van der Waals surface area contributed by atoms with Gasteiger partial charge in [-0.2, -0.15) is 0 Å². The first-order chi connectivity index (χ1) is 9.44. The second-order valence-corrected chi connectivity index (χ2v) is 6.87. The van der Waals surface area contributed by atoms with Crippen LogP contribution < -0.4 is 16.6 Å². The molecule has 4 N–H and O–H groups in total. The molecule has 0 aromatic carbocycles. The number of pyridine rings is 1. The van der Waals surface area contributed by atoms with E-state index in [0.717, 1.165) is 23.7 Å². The van der Waals surface area contributed by atoms with E-state index in [2.05, 4.69) is 45.5 Å². The number of aromatic nitrogens is 1. The number of carbonyl (C=O) groups excluding carboxylic acids is 1. The van der Waals surface area contributed by atoms with E-state index in [1.807, 2.05) is 0 Å². The largest absolute Gasteiger partial charge is 0.349 e. The van der Waals surface area contributed by atoms with Gasteiger partial charge in [0.05, 0.1) is 5.56 Å². The summed E-state index contributed by atoms with van der Waals surface area (Å²) in [6, 6.07) is 1.92. The Hall–Kier alpha value is -1.14. The fourth-order valence-electron chi connectivity index (χ4n) is 2.72. The van der Waals surface area contributed by atoms with Crippen LogP contribution in [0, 0.1) is 5.41 Å². The second-order valence-electron chi connectivity index (χ2n) is 5.95. The molecular formula is C14H21BrN4O. The number of nitrogen functional groups attached to an aromatic ring is 1. The fraction of sp³-hybridized carbons (Fsp3) is 0.571. The van der Waals surface area contributed by atoms with Crippen molar-refractivity contribution in [3.63, 3.8) is 0 Å². The van der Waals surface area contributed by atoms with Crippen molar-refractivity contribution in [3.8, 4) is 0 Å². The van der Waals surface area contributed by atoms with Crippen LogP contribution >= 0.6 is 15.9 Å². The molecule has 0 spiro atoms. The van der Waals surface area contributed by atoms with Gasteiger partial charge in [0.1, 0.15) is 0 Å². The van der Waals surface area contributed by atoms with Gasteiger partial charge in [-0.15, -0.1) is 0 Å². The molecule has 0 radical (unpaired) electrons. The van der Waals surface area contributed by atoms with E-state index in [-0.39, 0.29) is 17.4 Å². The van der Waals surface area contributed by atoms with Crippen LogP contribution in [0.3, 0.4) is 0 Å². The Morgan fingerprint density at radius 2 is 2.25 bits per heavy atom. The summed E-state index contributed by atoms with van der Waals surface area (Å²) in [5, 5.41) is 3.13. The van der Waals surface area contributed by atoms with Crippen molar-refractivity contribution >= 4 is 27.7 Å². The van der Waals surface area contributed by atoms with E-state index in [0.29, 0.717) is 11.4 Å². The second kappa shape index (κ2) is 6.10. The molecule has 0 aliphatic heterocycles. The van der Waals surface area contributed by atoms with E-state index in [1.165, 1.54) is 6.42 Å². The van der Waals surface area contributed by atoms with Gasteiger partial charge in [0.25, 0.3) is 5.91 Å². The third kappa shape index (κ3) is 3.30. The number of anilines is 1. The predicted octanol–water partition coefficient (Wildman–Crippen LogP) is 2.83. The number of nitrogens with zero attached hydrogens (tertiary/aromatic N) is 1. The summed E-state index contributed by atoms with van der Waals surface area (Å²) in [6.45, 7) is 4.41. The van der Waals surface area contributed by atoms with Gasteiger partial charge in [0.15, 0.2) is 5.82 Å². The number of amides is 1. The minimum Gasteiger partial charge on any atom is -0.349 e. The molecule has 1 amide bonds.